The predicted molar refractivity (Wildman–Crippen MR) is 96.2 cm³/mol. The summed E-state index contributed by atoms with van der Waals surface area (Å²) in [6.45, 7) is 3.58. The lowest BCUT2D eigenvalue weighted by Gasteiger charge is -2.13. The van der Waals surface area contributed by atoms with Crippen molar-refractivity contribution in [2.24, 2.45) is 0 Å². The molecule has 0 heterocycles. The Morgan fingerprint density at radius 1 is 1.00 bits per heavy atom. The van der Waals surface area contributed by atoms with Crippen LogP contribution < -0.4 is 10.6 Å². The summed E-state index contributed by atoms with van der Waals surface area (Å²) in [5.74, 6) is -0.357. The number of rotatable bonds is 6. The lowest BCUT2D eigenvalue weighted by molar-refractivity contribution is 0.0827. The van der Waals surface area contributed by atoms with Crippen molar-refractivity contribution in [2.75, 3.05) is 26.0 Å². The van der Waals surface area contributed by atoms with E-state index in [9.17, 15) is 9.59 Å². The minimum Gasteiger partial charge on any atom is -0.345 e. The third-order valence-electron chi connectivity index (χ3n) is 3.61. The first-order valence-electron chi connectivity index (χ1n) is 7.94. The molecule has 0 radical (unpaired) electrons. The molecule has 0 aromatic heterocycles. The number of amides is 2. The molecule has 2 aromatic carbocycles. The molecule has 24 heavy (non-hydrogen) atoms. The molecule has 0 bridgehead atoms. The largest absolute Gasteiger partial charge is 0.345 e. The van der Waals surface area contributed by atoms with Gasteiger partial charge in [0.15, 0.2) is 0 Å². The topological polar surface area (TPSA) is 61.4 Å². The highest BCUT2D eigenvalue weighted by molar-refractivity contribution is 6.06. The monoisotopic (exact) mass is 325 g/mol. The average Bonchev–Trinajstić information content (AvgIpc) is 2.60. The van der Waals surface area contributed by atoms with E-state index in [1.807, 2.05) is 31.2 Å². The van der Waals surface area contributed by atoms with Gasteiger partial charge in [-0.15, -0.1) is 0 Å². The molecule has 126 valence electrons. The van der Waals surface area contributed by atoms with Gasteiger partial charge in [-0.25, -0.2) is 0 Å². The summed E-state index contributed by atoms with van der Waals surface area (Å²) in [6.07, 6.45) is 0. The SMILES string of the molecule is CCNCc1ccccc1NC(=O)c1cccc(C(=O)N(C)C)c1. The highest BCUT2D eigenvalue weighted by Gasteiger charge is 2.13. The molecule has 0 aliphatic heterocycles. The van der Waals surface area contributed by atoms with Crippen molar-refractivity contribution in [2.45, 2.75) is 13.5 Å². The molecule has 5 heteroatoms. The summed E-state index contributed by atoms with van der Waals surface area (Å²) in [5.41, 5.74) is 2.75. The van der Waals surface area contributed by atoms with Gasteiger partial charge in [0.25, 0.3) is 11.8 Å². The molecule has 0 saturated carbocycles. The van der Waals surface area contributed by atoms with E-state index in [1.54, 1.807) is 38.4 Å². The first kappa shape index (κ1) is 17.7. The zero-order chi connectivity index (χ0) is 17.5. The van der Waals surface area contributed by atoms with Crippen LogP contribution in [0.2, 0.25) is 0 Å². The van der Waals surface area contributed by atoms with E-state index in [-0.39, 0.29) is 11.8 Å². The second-order valence-electron chi connectivity index (χ2n) is 5.67. The number of para-hydroxylation sites is 1. The molecule has 2 amide bonds. The van der Waals surface area contributed by atoms with E-state index in [1.165, 1.54) is 4.90 Å². The Morgan fingerprint density at radius 2 is 1.71 bits per heavy atom. The molecule has 2 rings (SSSR count). The fourth-order valence-corrected chi connectivity index (χ4v) is 2.30. The second-order valence-corrected chi connectivity index (χ2v) is 5.67. The third-order valence-corrected chi connectivity index (χ3v) is 3.61. The van der Waals surface area contributed by atoms with Crippen LogP contribution in [-0.4, -0.2) is 37.4 Å². The number of benzene rings is 2. The van der Waals surface area contributed by atoms with Crippen molar-refractivity contribution in [3.8, 4) is 0 Å². The van der Waals surface area contributed by atoms with Crippen molar-refractivity contribution in [3.63, 3.8) is 0 Å². The zero-order valence-electron chi connectivity index (χ0n) is 14.3. The Balaban J connectivity index is 2.19. The first-order chi connectivity index (χ1) is 11.5. The number of nitrogens with zero attached hydrogens (tertiary/aromatic N) is 1. The summed E-state index contributed by atoms with van der Waals surface area (Å²) in [6, 6.07) is 14.4. The van der Waals surface area contributed by atoms with Crippen LogP contribution in [0.1, 0.15) is 33.2 Å². The van der Waals surface area contributed by atoms with E-state index in [0.29, 0.717) is 17.7 Å². The van der Waals surface area contributed by atoms with Gasteiger partial charge >= 0.3 is 0 Å². The van der Waals surface area contributed by atoms with Crippen molar-refractivity contribution in [3.05, 3.63) is 65.2 Å². The second kappa shape index (κ2) is 8.26. The van der Waals surface area contributed by atoms with E-state index in [0.717, 1.165) is 17.8 Å². The summed E-state index contributed by atoms with van der Waals surface area (Å²) in [5, 5.41) is 6.18. The van der Waals surface area contributed by atoms with Gasteiger partial charge in [-0.05, 0) is 36.4 Å². The van der Waals surface area contributed by atoms with E-state index >= 15 is 0 Å². The summed E-state index contributed by atoms with van der Waals surface area (Å²) < 4.78 is 0. The fourth-order valence-electron chi connectivity index (χ4n) is 2.30. The quantitative estimate of drug-likeness (QED) is 0.858. The lowest BCUT2D eigenvalue weighted by atomic mass is 10.1. The minimum absolute atomic E-state index is 0.128. The Labute approximate surface area is 142 Å². The number of carbonyl (C=O) groups excluding carboxylic acids is 2. The normalized spacial score (nSPS) is 10.3. The fraction of sp³-hybridized carbons (Fsp3) is 0.263. The van der Waals surface area contributed by atoms with Crippen LogP contribution in [0.4, 0.5) is 5.69 Å². The molecule has 0 saturated heterocycles. The van der Waals surface area contributed by atoms with Crippen LogP contribution in [0.15, 0.2) is 48.5 Å². The number of hydrogen-bond donors (Lipinski definition) is 2. The molecule has 0 fully saturated rings. The molecule has 2 N–H and O–H groups in total. The molecule has 5 nitrogen and oxygen atoms in total. The maximum Gasteiger partial charge on any atom is 0.255 e. The van der Waals surface area contributed by atoms with Crippen LogP contribution in [0.25, 0.3) is 0 Å². The van der Waals surface area contributed by atoms with E-state index < -0.39 is 0 Å². The van der Waals surface area contributed by atoms with Gasteiger partial charge in [-0.1, -0.05) is 31.2 Å². The highest BCUT2D eigenvalue weighted by atomic mass is 16.2. The first-order valence-corrected chi connectivity index (χ1v) is 7.94. The number of hydrogen-bond acceptors (Lipinski definition) is 3. The number of anilines is 1. The van der Waals surface area contributed by atoms with Crippen LogP contribution in [0.3, 0.4) is 0 Å². The molecule has 2 aromatic rings. The Bertz CT molecular complexity index is 726. The van der Waals surface area contributed by atoms with E-state index in [2.05, 4.69) is 10.6 Å². The lowest BCUT2D eigenvalue weighted by Crippen LogP contribution is -2.22. The summed E-state index contributed by atoms with van der Waals surface area (Å²) in [4.78, 5) is 26.1. The van der Waals surface area contributed by atoms with Gasteiger partial charge in [0.05, 0.1) is 0 Å². The smallest absolute Gasteiger partial charge is 0.255 e. The molecule has 0 spiro atoms. The standard InChI is InChI=1S/C19H23N3O2/c1-4-20-13-16-8-5-6-11-17(16)21-18(23)14-9-7-10-15(12-14)19(24)22(2)3/h5-12,20H,4,13H2,1-3H3,(H,21,23). The van der Waals surface area contributed by atoms with Gasteiger partial charge in [0, 0.05) is 37.5 Å². The summed E-state index contributed by atoms with van der Waals surface area (Å²) >= 11 is 0. The number of nitrogens with one attached hydrogen (secondary N) is 2. The minimum atomic E-state index is -0.229. The van der Waals surface area contributed by atoms with Gasteiger partial charge in [-0.3, -0.25) is 9.59 Å². The number of carbonyl (C=O) groups is 2. The molecular formula is C19H23N3O2. The molecular weight excluding hydrogens is 302 g/mol. The molecule has 0 aliphatic rings. The van der Waals surface area contributed by atoms with Gasteiger partial charge in [-0.2, -0.15) is 0 Å². The zero-order valence-corrected chi connectivity index (χ0v) is 14.3. The van der Waals surface area contributed by atoms with Gasteiger partial charge in [0.1, 0.15) is 0 Å². The van der Waals surface area contributed by atoms with Crippen molar-refractivity contribution in [1.82, 2.24) is 10.2 Å². The maximum absolute atomic E-state index is 12.5. The van der Waals surface area contributed by atoms with Gasteiger partial charge < -0.3 is 15.5 Å². The highest BCUT2D eigenvalue weighted by Crippen LogP contribution is 2.17. The predicted octanol–water partition coefficient (Wildman–Crippen LogP) is 2.75. The van der Waals surface area contributed by atoms with Gasteiger partial charge in [0.2, 0.25) is 0 Å². The van der Waals surface area contributed by atoms with E-state index in [4.69, 9.17) is 0 Å². The van der Waals surface area contributed by atoms with Crippen molar-refractivity contribution < 1.29 is 9.59 Å². The molecule has 0 unspecified atom stereocenters. The van der Waals surface area contributed by atoms with Crippen LogP contribution in [0.5, 0.6) is 0 Å². The van der Waals surface area contributed by atoms with Crippen molar-refractivity contribution >= 4 is 17.5 Å². The van der Waals surface area contributed by atoms with Crippen LogP contribution >= 0.6 is 0 Å². The third kappa shape index (κ3) is 4.43. The summed E-state index contributed by atoms with van der Waals surface area (Å²) in [7, 11) is 3.37. The van der Waals surface area contributed by atoms with Crippen LogP contribution in [0, 0.1) is 0 Å². The Morgan fingerprint density at radius 3 is 2.42 bits per heavy atom. The molecule has 0 atom stereocenters. The van der Waals surface area contributed by atoms with Crippen LogP contribution in [-0.2, 0) is 6.54 Å². The average molecular weight is 325 g/mol. The Kier molecular flexibility index (Phi) is 6.09. The maximum atomic E-state index is 12.5. The molecule has 0 aliphatic carbocycles. The Hall–Kier alpha value is -2.66. The van der Waals surface area contributed by atoms with Crippen molar-refractivity contribution in [1.29, 1.82) is 0 Å².